The lowest BCUT2D eigenvalue weighted by Gasteiger charge is -2.23. The van der Waals surface area contributed by atoms with Crippen LogP contribution in [0.4, 0.5) is 0 Å². The highest BCUT2D eigenvalue weighted by Crippen LogP contribution is 2.23. The van der Waals surface area contributed by atoms with Gasteiger partial charge in [-0.25, -0.2) is 0 Å². The van der Waals surface area contributed by atoms with Gasteiger partial charge in [0.05, 0.1) is 6.61 Å². The molecule has 0 aliphatic rings. The summed E-state index contributed by atoms with van der Waals surface area (Å²) in [6, 6.07) is 0. The highest BCUT2D eigenvalue weighted by Gasteiger charge is 2.18. The Hall–Kier alpha value is -0.530. The van der Waals surface area contributed by atoms with Gasteiger partial charge < -0.3 is 4.74 Å². The van der Waals surface area contributed by atoms with Crippen LogP contribution in [0.5, 0.6) is 0 Å². The fourth-order valence-electron chi connectivity index (χ4n) is 2.46. The number of hydrogen-bond acceptors (Lipinski definition) is 2. The van der Waals surface area contributed by atoms with Gasteiger partial charge in [0.1, 0.15) is 0 Å². The minimum absolute atomic E-state index is 0.00255. The van der Waals surface area contributed by atoms with Crippen LogP contribution in [0.25, 0.3) is 0 Å². The van der Waals surface area contributed by atoms with E-state index in [9.17, 15) is 4.79 Å². The van der Waals surface area contributed by atoms with Gasteiger partial charge in [-0.1, -0.05) is 66.2 Å². The second-order valence-corrected chi connectivity index (χ2v) is 5.81. The fourth-order valence-corrected chi connectivity index (χ4v) is 2.46. The summed E-state index contributed by atoms with van der Waals surface area (Å²) in [5, 5.41) is 0. The molecule has 0 amide bonds. The van der Waals surface area contributed by atoms with Crippen LogP contribution in [0.3, 0.4) is 0 Å². The predicted molar refractivity (Wildman–Crippen MR) is 82.2 cm³/mol. The number of esters is 1. The lowest BCUT2D eigenvalue weighted by molar-refractivity contribution is -0.145. The van der Waals surface area contributed by atoms with Crippen molar-refractivity contribution < 1.29 is 9.53 Å². The first kappa shape index (κ1) is 18.5. The van der Waals surface area contributed by atoms with Crippen LogP contribution < -0.4 is 0 Å². The zero-order chi connectivity index (χ0) is 14.5. The summed E-state index contributed by atoms with van der Waals surface area (Å²) in [7, 11) is 0. The van der Waals surface area contributed by atoms with Crippen LogP contribution in [-0.4, -0.2) is 12.6 Å². The van der Waals surface area contributed by atoms with Crippen molar-refractivity contribution in [3.05, 3.63) is 0 Å². The molecule has 0 aromatic rings. The van der Waals surface area contributed by atoms with Crippen molar-refractivity contribution in [2.24, 2.45) is 11.8 Å². The summed E-state index contributed by atoms with van der Waals surface area (Å²) in [5.74, 6) is 1.22. The molecular formula is C17H34O2. The quantitative estimate of drug-likeness (QED) is 0.353. The molecule has 0 aliphatic heterocycles. The third-order valence-corrected chi connectivity index (χ3v) is 3.92. The summed E-state index contributed by atoms with van der Waals surface area (Å²) in [4.78, 5) is 11.6. The number of hydrogen-bond donors (Lipinski definition) is 0. The maximum Gasteiger partial charge on any atom is 0.305 e. The number of unbranched alkanes of at least 4 members (excludes halogenated alkanes) is 3. The number of carbonyl (C=O) groups excluding carboxylic acids is 1. The van der Waals surface area contributed by atoms with Crippen LogP contribution in [-0.2, 0) is 9.53 Å². The van der Waals surface area contributed by atoms with Crippen molar-refractivity contribution in [2.75, 3.05) is 6.61 Å². The average molecular weight is 270 g/mol. The van der Waals surface area contributed by atoms with E-state index < -0.39 is 0 Å². The van der Waals surface area contributed by atoms with Gasteiger partial charge in [-0.15, -0.1) is 0 Å². The van der Waals surface area contributed by atoms with Crippen LogP contribution >= 0.6 is 0 Å². The van der Waals surface area contributed by atoms with Gasteiger partial charge in [-0.3, -0.25) is 4.79 Å². The molecule has 2 unspecified atom stereocenters. The largest absolute Gasteiger partial charge is 0.465 e. The van der Waals surface area contributed by atoms with Crippen molar-refractivity contribution >= 4 is 5.97 Å². The monoisotopic (exact) mass is 270 g/mol. The molecule has 0 fully saturated rings. The minimum atomic E-state index is -0.00255. The van der Waals surface area contributed by atoms with Gasteiger partial charge in [0, 0.05) is 6.42 Å². The number of ether oxygens (including phenoxy) is 1. The van der Waals surface area contributed by atoms with Gasteiger partial charge in [0.25, 0.3) is 0 Å². The molecule has 0 radical (unpaired) electrons. The Balaban J connectivity index is 3.94. The normalized spacial score (nSPS) is 14.1. The molecule has 2 nitrogen and oxygen atoms in total. The zero-order valence-corrected chi connectivity index (χ0v) is 13.5. The summed E-state index contributed by atoms with van der Waals surface area (Å²) in [5.41, 5.74) is 0. The minimum Gasteiger partial charge on any atom is -0.465 e. The molecule has 0 saturated carbocycles. The van der Waals surface area contributed by atoms with E-state index in [4.69, 9.17) is 4.74 Å². The Kier molecular flexibility index (Phi) is 12.2. The number of carbonyl (C=O) groups is 1. The van der Waals surface area contributed by atoms with Crippen molar-refractivity contribution in [3.63, 3.8) is 0 Å². The van der Waals surface area contributed by atoms with E-state index in [0.29, 0.717) is 24.9 Å². The van der Waals surface area contributed by atoms with Gasteiger partial charge in [0.15, 0.2) is 0 Å². The molecule has 0 aliphatic carbocycles. The van der Waals surface area contributed by atoms with Crippen molar-refractivity contribution in [1.29, 1.82) is 0 Å². The molecule has 0 N–H and O–H groups in total. The second-order valence-electron chi connectivity index (χ2n) is 5.81. The maximum absolute atomic E-state index is 11.6. The summed E-state index contributed by atoms with van der Waals surface area (Å²) >= 11 is 0. The summed E-state index contributed by atoms with van der Waals surface area (Å²) in [6.07, 6.45) is 9.98. The van der Waals surface area contributed by atoms with Crippen molar-refractivity contribution in [3.8, 4) is 0 Å². The first-order valence-corrected chi connectivity index (χ1v) is 8.31. The van der Waals surface area contributed by atoms with Gasteiger partial charge in [-0.2, -0.15) is 0 Å². The molecule has 0 aromatic carbocycles. The molecule has 19 heavy (non-hydrogen) atoms. The van der Waals surface area contributed by atoms with Crippen molar-refractivity contribution in [2.45, 2.75) is 85.5 Å². The van der Waals surface area contributed by atoms with Crippen LogP contribution in [0.15, 0.2) is 0 Å². The first-order chi connectivity index (χ1) is 9.15. The topological polar surface area (TPSA) is 26.3 Å². The molecule has 0 spiro atoms. The van der Waals surface area contributed by atoms with Crippen LogP contribution in [0, 0.1) is 11.8 Å². The lowest BCUT2D eigenvalue weighted by atomic mass is 9.87. The zero-order valence-electron chi connectivity index (χ0n) is 13.5. The molecular weight excluding hydrogens is 236 g/mol. The van der Waals surface area contributed by atoms with E-state index in [1.807, 2.05) is 0 Å². The highest BCUT2D eigenvalue weighted by molar-refractivity contribution is 5.69. The molecule has 0 aromatic heterocycles. The Morgan fingerprint density at radius 1 is 0.947 bits per heavy atom. The van der Waals surface area contributed by atoms with E-state index in [-0.39, 0.29) is 5.97 Å². The summed E-state index contributed by atoms with van der Waals surface area (Å²) < 4.78 is 5.47. The average Bonchev–Trinajstić information content (AvgIpc) is 2.41. The van der Waals surface area contributed by atoms with Crippen LogP contribution in [0.1, 0.15) is 85.5 Å². The van der Waals surface area contributed by atoms with Crippen LogP contribution in [0.2, 0.25) is 0 Å². The maximum atomic E-state index is 11.6. The predicted octanol–water partition coefficient (Wildman–Crippen LogP) is 5.35. The smallest absolute Gasteiger partial charge is 0.305 e. The SMILES string of the molecule is CCCCCC(=O)OCC(CCC)C(C)CCCC. The van der Waals surface area contributed by atoms with E-state index >= 15 is 0 Å². The lowest BCUT2D eigenvalue weighted by Crippen LogP contribution is -2.20. The van der Waals surface area contributed by atoms with Gasteiger partial charge >= 0.3 is 5.97 Å². The fraction of sp³-hybridized carbons (Fsp3) is 0.941. The Bertz CT molecular complexity index is 213. The van der Waals surface area contributed by atoms with Gasteiger partial charge in [0.2, 0.25) is 0 Å². The number of rotatable bonds is 12. The van der Waals surface area contributed by atoms with E-state index in [2.05, 4.69) is 27.7 Å². The molecule has 2 atom stereocenters. The summed E-state index contributed by atoms with van der Waals surface area (Å²) in [6.45, 7) is 9.53. The van der Waals surface area contributed by atoms with E-state index in [1.54, 1.807) is 0 Å². The third kappa shape index (κ3) is 9.98. The second kappa shape index (κ2) is 12.5. The molecule has 0 heterocycles. The molecule has 0 bridgehead atoms. The third-order valence-electron chi connectivity index (χ3n) is 3.92. The first-order valence-electron chi connectivity index (χ1n) is 8.31. The van der Waals surface area contributed by atoms with E-state index in [1.165, 1.54) is 32.1 Å². The Morgan fingerprint density at radius 2 is 1.63 bits per heavy atom. The molecule has 0 rings (SSSR count). The van der Waals surface area contributed by atoms with Gasteiger partial charge in [-0.05, 0) is 24.7 Å². The molecule has 114 valence electrons. The highest BCUT2D eigenvalue weighted by atomic mass is 16.5. The Labute approximate surface area is 120 Å². The molecule has 0 saturated heterocycles. The Morgan fingerprint density at radius 3 is 2.21 bits per heavy atom. The van der Waals surface area contributed by atoms with Crippen molar-refractivity contribution in [1.82, 2.24) is 0 Å². The van der Waals surface area contributed by atoms with E-state index in [0.717, 1.165) is 19.3 Å². The standard InChI is InChI=1S/C17H34O2/c1-5-8-10-13-17(18)19-14-16(11-7-3)15(4)12-9-6-2/h15-16H,5-14H2,1-4H3. The molecule has 2 heteroatoms.